The summed E-state index contributed by atoms with van der Waals surface area (Å²) in [5.41, 5.74) is 1.55. The molecule has 0 aromatic heterocycles. The molecule has 5 nitrogen and oxygen atoms in total. The van der Waals surface area contributed by atoms with E-state index >= 15 is 0 Å². The minimum atomic E-state index is -0.208. The van der Waals surface area contributed by atoms with E-state index in [-0.39, 0.29) is 11.8 Å². The number of methoxy groups -OCH3 is 1. The van der Waals surface area contributed by atoms with Gasteiger partial charge in [0.15, 0.2) is 0 Å². The molecule has 0 aliphatic heterocycles. The lowest BCUT2D eigenvalue weighted by atomic mass is 10.1. The van der Waals surface area contributed by atoms with Gasteiger partial charge >= 0.3 is 0 Å². The zero-order valence-corrected chi connectivity index (χ0v) is 15.8. The fraction of sp³-hybridized carbons (Fsp3) is 0.300. The number of carbonyl (C=O) groups excluding carboxylic acids is 2. The molecule has 1 N–H and O–H groups in total. The molecule has 0 aliphatic carbocycles. The fourth-order valence-corrected chi connectivity index (χ4v) is 2.82. The predicted octanol–water partition coefficient (Wildman–Crippen LogP) is 3.17. The van der Waals surface area contributed by atoms with Crippen LogP contribution >= 0.6 is 11.6 Å². The van der Waals surface area contributed by atoms with Crippen LogP contribution in [-0.4, -0.2) is 43.5 Å². The monoisotopic (exact) mass is 374 g/mol. The van der Waals surface area contributed by atoms with Crippen LogP contribution in [0.1, 0.15) is 22.8 Å². The van der Waals surface area contributed by atoms with Gasteiger partial charge in [-0.05, 0) is 36.2 Å². The van der Waals surface area contributed by atoms with E-state index in [4.69, 9.17) is 16.3 Å². The first-order valence-electron chi connectivity index (χ1n) is 8.42. The highest BCUT2D eigenvalue weighted by Gasteiger charge is 2.12. The van der Waals surface area contributed by atoms with Gasteiger partial charge in [0.1, 0.15) is 5.75 Å². The van der Waals surface area contributed by atoms with Crippen molar-refractivity contribution in [1.29, 1.82) is 0 Å². The summed E-state index contributed by atoms with van der Waals surface area (Å²) in [6.07, 6.45) is 0.686. The number of amides is 2. The summed E-state index contributed by atoms with van der Waals surface area (Å²) in [5, 5.41) is 3.33. The summed E-state index contributed by atoms with van der Waals surface area (Å²) in [4.78, 5) is 25.7. The smallest absolute Gasteiger partial charge is 0.251 e. The van der Waals surface area contributed by atoms with Crippen LogP contribution < -0.4 is 10.1 Å². The molecule has 0 radical (unpaired) electrons. The molecule has 0 aliphatic rings. The Kier molecular flexibility index (Phi) is 7.48. The highest BCUT2D eigenvalue weighted by Crippen LogP contribution is 2.18. The third kappa shape index (κ3) is 5.77. The second-order valence-electron chi connectivity index (χ2n) is 5.83. The van der Waals surface area contributed by atoms with Gasteiger partial charge in [-0.1, -0.05) is 35.9 Å². The van der Waals surface area contributed by atoms with E-state index in [0.29, 0.717) is 36.6 Å². The number of rotatable bonds is 8. The van der Waals surface area contributed by atoms with Crippen molar-refractivity contribution < 1.29 is 14.3 Å². The molecule has 0 fully saturated rings. The van der Waals surface area contributed by atoms with Crippen LogP contribution in [0.4, 0.5) is 0 Å². The van der Waals surface area contributed by atoms with Crippen molar-refractivity contribution in [3.8, 4) is 5.75 Å². The first-order valence-corrected chi connectivity index (χ1v) is 8.80. The van der Waals surface area contributed by atoms with Crippen LogP contribution in [0.2, 0.25) is 5.02 Å². The topological polar surface area (TPSA) is 58.6 Å². The Bertz CT molecular complexity index is 764. The number of hydrogen-bond donors (Lipinski definition) is 1. The number of ether oxygens (including phenoxy) is 1. The normalized spacial score (nSPS) is 10.3. The number of benzene rings is 2. The van der Waals surface area contributed by atoms with E-state index in [1.165, 1.54) is 6.92 Å². The molecule has 138 valence electrons. The lowest BCUT2D eigenvalue weighted by Gasteiger charge is -2.22. The molecule has 0 saturated carbocycles. The standard InChI is InChI=1S/C20H23ClN2O3/c1-15(24)23(12-10-16-6-3-4-9-19(16)26-2)13-11-22-20(25)17-7-5-8-18(21)14-17/h3-9,14H,10-13H2,1-2H3,(H,22,25). The molecular formula is C20H23ClN2O3. The third-order valence-corrected chi connectivity index (χ3v) is 4.28. The molecule has 0 unspecified atom stereocenters. The maximum absolute atomic E-state index is 12.1. The molecule has 2 aromatic carbocycles. The third-order valence-electron chi connectivity index (χ3n) is 4.04. The largest absolute Gasteiger partial charge is 0.496 e. The molecule has 26 heavy (non-hydrogen) atoms. The van der Waals surface area contributed by atoms with E-state index in [1.807, 2.05) is 24.3 Å². The summed E-state index contributed by atoms with van der Waals surface area (Å²) in [6, 6.07) is 14.5. The van der Waals surface area contributed by atoms with Crippen molar-refractivity contribution >= 4 is 23.4 Å². The van der Waals surface area contributed by atoms with Crippen molar-refractivity contribution in [3.63, 3.8) is 0 Å². The van der Waals surface area contributed by atoms with Crippen molar-refractivity contribution in [2.45, 2.75) is 13.3 Å². The van der Waals surface area contributed by atoms with E-state index in [1.54, 1.807) is 36.3 Å². The predicted molar refractivity (Wildman–Crippen MR) is 103 cm³/mol. The highest BCUT2D eigenvalue weighted by molar-refractivity contribution is 6.30. The van der Waals surface area contributed by atoms with Gasteiger partial charge in [0.25, 0.3) is 5.91 Å². The maximum Gasteiger partial charge on any atom is 0.251 e. The van der Waals surface area contributed by atoms with Crippen LogP contribution in [0.3, 0.4) is 0 Å². The van der Waals surface area contributed by atoms with Gasteiger partial charge in [-0.3, -0.25) is 9.59 Å². The Labute approximate surface area is 158 Å². The molecular weight excluding hydrogens is 352 g/mol. The van der Waals surface area contributed by atoms with Crippen LogP contribution in [0.25, 0.3) is 0 Å². The van der Waals surface area contributed by atoms with Gasteiger partial charge < -0.3 is 15.0 Å². The number of hydrogen-bond acceptors (Lipinski definition) is 3. The maximum atomic E-state index is 12.1. The molecule has 2 aromatic rings. The minimum Gasteiger partial charge on any atom is -0.496 e. The fourth-order valence-electron chi connectivity index (χ4n) is 2.63. The summed E-state index contributed by atoms with van der Waals surface area (Å²) >= 11 is 5.90. The van der Waals surface area contributed by atoms with Gasteiger partial charge in [0.05, 0.1) is 7.11 Å². The van der Waals surface area contributed by atoms with Gasteiger partial charge in [-0.25, -0.2) is 0 Å². The first-order chi connectivity index (χ1) is 12.5. The average Bonchev–Trinajstić information content (AvgIpc) is 2.64. The van der Waals surface area contributed by atoms with Gasteiger partial charge in [-0.2, -0.15) is 0 Å². The molecule has 6 heteroatoms. The molecule has 0 atom stereocenters. The quantitative estimate of drug-likeness (QED) is 0.772. The molecule has 0 spiro atoms. The number of carbonyl (C=O) groups is 2. The summed E-state index contributed by atoms with van der Waals surface area (Å²) in [7, 11) is 1.63. The lowest BCUT2D eigenvalue weighted by molar-refractivity contribution is -0.128. The molecule has 0 heterocycles. The van der Waals surface area contributed by atoms with Crippen molar-refractivity contribution in [2.24, 2.45) is 0 Å². The molecule has 2 amide bonds. The number of nitrogens with one attached hydrogen (secondary N) is 1. The Morgan fingerprint density at radius 1 is 1.12 bits per heavy atom. The van der Waals surface area contributed by atoms with E-state index in [2.05, 4.69) is 5.32 Å². The van der Waals surface area contributed by atoms with Gasteiger partial charge in [0.2, 0.25) is 5.91 Å². The molecule has 0 bridgehead atoms. The van der Waals surface area contributed by atoms with E-state index < -0.39 is 0 Å². The number of para-hydroxylation sites is 1. The average molecular weight is 375 g/mol. The van der Waals surface area contributed by atoms with Crippen molar-refractivity contribution in [2.75, 3.05) is 26.7 Å². The van der Waals surface area contributed by atoms with E-state index in [9.17, 15) is 9.59 Å². The second kappa shape index (κ2) is 9.82. The van der Waals surface area contributed by atoms with E-state index in [0.717, 1.165) is 11.3 Å². The van der Waals surface area contributed by atoms with Crippen LogP contribution in [0, 0.1) is 0 Å². The number of halogens is 1. The first kappa shape index (κ1) is 19.8. The van der Waals surface area contributed by atoms with Gasteiger partial charge in [-0.15, -0.1) is 0 Å². The summed E-state index contributed by atoms with van der Waals surface area (Å²) in [5.74, 6) is 0.572. The molecule has 2 rings (SSSR count). The van der Waals surface area contributed by atoms with Crippen LogP contribution in [0.15, 0.2) is 48.5 Å². The highest BCUT2D eigenvalue weighted by atomic mass is 35.5. The summed E-state index contributed by atoms with van der Waals surface area (Å²) in [6.45, 7) is 2.90. The lowest BCUT2D eigenvalue weighted by Crippen LogP contribution is -2.38. The number of nitrogens with zero attached hydrogens (tertiary/aromatic N) is 1. The SMILES string of the molecule is COc1ccccc1CCN(CCNC(=O)c1cccc(Cl)c1)C(C)=O. The van der Waals surface area contributed by atoms with Crippen molar-refractivity contribution in [3.05, 3.63) is 64.7 Å². The Morgan fingerprint density at radius 2 is 1.88 bits per heavy atom. The van der Waals surface area contributed by atoms with Crippen LogP contribution in [0.5, 0.6) is 5.75 Å². The van der Waals surface area contributed by atoms with Crippen LogP contribution in [-0.2, 0) is 11.2 Å². The van der Waals surface area contributed by atoms with Crippen molar-refractivity contribution in [1.82, 2.24) is 10.2 Å². The van der Waals surface area contributed by atoms with Gasteiger partial charge in [0, 0.05) is 37.1 Å². The summed E-state index contributed by atoms with van der Waals surface area (Å²) < 4.78 is 5.34. The minimum absolute atomic E-state index is 0.0306. The molecule has 0 saturated heterocycles. The zero-order chi connectivity index (χ0) is 18.9. The Morgan fingerprint density at radius 3 is 2.58 bits per heavy atom. The second-order valence-corrected chi connectivity index (χ2v) is 6.27. The zero-order valence-electron chi connectivity index (χ0n) is 15.0. The Balaban J connectivity index is 1.86. The Hall–Kier alpha value is -2.53.